The maximum Gasteiger partial charge on any atom is 0.338 e. The number of fused-ring (bicyclic) bond motifs is 1. The molecule has 0 N–H and O–H groups in total. The van der Waals surface area contributed by atoms with Crippen molar-refractivity contribution in [3.63, 3.8) is 0 Å². The van der Waals surface area contributed by atoms with Gasteiger partial charge in [0.05, 0.1) is 16.7 Å². The molecule has 2 aromatic rings. The van der Waals surface area contributed by atoms with Crippen LogP contribution in [-0.4, -0.2) is 41.1 Å². The maximum atomic E-state index is 12.5. The van der Waals surface area contributed by atoms with Crippen LogP contribution in [0.5, 0.6) is 0 Å². The Morgan fingerprint density at radius 2 is 1.61 bits per heavy atom. The monoisotopic (exact) mass is 399 g/mol. The van der Waals surface area contributed by atoms with Gasteiger partial charge in [-0.25, -0.2) is 4.79 Å². The fraction of sp³-hybridized carbons (Fsp3) is 0.238. The van der Waals surface area contributed by atoms with Crippen LogP contribution < -0.4 is 0 Å². The topological polar surface area (TPSA) is 80.8 Å². The van der Waals surface area contributed by atoms with Gasteiger partial charge in [0.1, 0.15) is 0 Å². The van der Waals surface area contributed by atoms with Crippen molar-refractivity contribution in [2.75, 3.05) is 6.61 Å². The number of imide groups is 1. The first kappa shape index (κ1) is 19.8. The van der Waals surface area contributed by atoms with Crippen molar-refractivity contribution in [3.05, 3.63) is 69.7 Å². The summed E-state index contributed by atoms with van der Waals surface area (Å²) in [6, 6.07) is 10.2. The lowest BCUT2D eigenvalue weighted by Crippen LogP contribution is -2.37. The van der Waals surface area contributed by atoms with Crippen LogP contribution in [0, 0.1) is 0 Å². The molecule has 0 saturated carbocycles. The average molecular weight is 400 g/mol. The summed E-state index contributed by atoms with van der Waals surface area (Å²) in [7, 11) is 0. The lowest BCUT2D eigenvalue weighted by Gasteiger charge is -2.20. The van der Waals surface area contributed by atoms with Gasteiger partial charge in [-0.2, -0.15) is 0 Å². The van der Waals surface area contributed by atoms with Gasteiger partial charge in [-0.1, -0.05) is 18.5 Å². The number of carbonyl (C=O) groups excluding carboxylic acids is 4. The summed E-state index contributed by atoms with van der Waals surface area (Å²) in [5.74, 6) is -1.92. The van der Waals surface area contributed by atoms with Crippen molar-refractivity contribution in [1.82, 2.24) is 4.90 Å². The normalized spacial score (nSPS) is 14.0. The van der Waals surface area contributed by atoms with Crippen LogP contribution >= 0.6 is 11.6 Å². The molecule has 0 bridgehead atoms. The second-order valence-electron chi connectivity index (χ2n) is 6.50. The second-order valence-corrected chi connectivity index (χ2v) is 6.94. The molecule has 1 atom stereocenters. The molecule has 1 aliphatic rings. The number of hydrogen-bond acceptors (Lipinski definition) is 5. The summed E-state index contributed by atoms with van der Waals surface area (Å²) in [4.78, 5) is 50.6. The standard InChI is InChI=1S/C21H18ClNO5/c1-3-12(2)23-19(25)16-9-6-14(10-17(16)20(23)26)21(27)28-11-18(24)13-4-7-15(22)8-5-13/h4-10,12H,3,11H2,1-2H3. The summed E-state index contributed by atoms with van der Waals surface area (Å²) in [5, 5.41) is 0.498. The first-order valence-electron chi connectivity index (χ1n) is 8.81. The van der Waals surface area contributed by atoms with Crippen molar-refractivity contribution in [2.24, 2.45) is 0 Å². The van der Waals surface area contributed by atoms with E-state index in [1.807, 2.05) is 6.92 Å². The maximum absolute atomic E-state index is 12.5. The third-order valence-corrected chi connectivity index (χ3v) is 4.94. The summed E-state index contributed by atoms with van der Waals surface area (Å²) < 4.78 is 5.06. The van der Waals surface area contributed by atoms with E-state index in [1.165, 1.54) is 23.1 Å². The number of hydrogen-bond donors (Lipinski definition) is 0. The molecule has 7 heteroatoms. The molecule has 1 aliphatic heterocycles. The van der Waals surface area contributed by atoms with E-state index in [0.717, 1.165) is 0 Å². The van der Waals surface area contributed by atoms with Crippen LogP contribution in [0.2, 0.25) is 5.02 Å². The minimum atomic E-state index is -0.743. The minimum absolute atomic E-state index is 0.106. The van der Waals surface area contributed by atoms with E-state index in [9.17, 15) is 19.2 Å². The molecule has 0 spiro atoms. The summed E-state index contributed by atoms with van der Waals surface area (Å²) in [5.41, 5.74) is 0.911. The molecule has 3 rings (SSSR count). The smallest absolute Gasteiger partial charge is 0.338 e. The number of halogens is 1. The number of benzene rings is 2. The quantitative estimate of drug-likeness (QED) is 0.419. The number of Topliss-reactive ketones (excluding diaryl/α,β-unsaturated/α-hetero) is 1. The predicted molar refractivity (Wildman–Crippen MR) is 103 cm³/mol. The SMILES string of the molecule is CCC(C)N1C(=O)c2ccc(C(=O)OCC(=O)c3ccc(Cl)cc3)cc2C1=O. The van der Waals surface area contributed by atoms with Gasteiger partial charge in [0.15, 0.2) is 12.4 Å². The lowest BCUT2D eigenvalue weighted by molar-refractivity contribution is 0.0474. The number of ketones is 1. The van der Waals surface area contributed by atoms with Gasteiger partial charge in [-0.15, -0.1) is 0 Å². The molecule has 0 aliphatic carbocycles. The highest BCUT2D eigenvalue weighted by molar-refractivity contribution is 6.30. The number of esters is 1. The van der Waals surface area contributed by atoms with Gasteiger partial charge < -0.3 is 4.74 Å². The molecule has 0 saturated heterocycles. The van der Waals surface area contributed by atoms with E-state index in [-0.39, 0.29) is 34.4 Å². The molecule has 0 radical (unpaired) electrons. The number of carbonyl (C=O) groups is 4. The Bertz CT molecular complexity index is 967. The highest BCUT2D eigenvalue weighted by Crippen LogP contribution is 2.27. The molecule has 2 amide bonds. The molecule has 144 valence electrons. The molecule has 2 aromatic carbocycles. The second kappa shape index (κ2) is 7.94. The van der Waals surface area contributed by atoms with Gasteiger partial charge in [-0.05, 0) is 55.8 Å². The van der Waals surface area contributed by atoms with Gasteiger partial charge in [-0.3, -0.25) is 19.3 Å². The zero-order valence-corrected chi connectivity index (χ0v) is 16.2. The van der Waals surface area contributed by atoms with E-state index in [2.05, 4.69) is 0 Å². The minimum Gasteiger partial charge on any atom is -0.454 e. The molecule has 0 aromatic heterocycles. The van der Waals surface area contributed by atoms with E-state index < -0.39 is 18.5 Å². The van der Waals surface area contributed by atoms with Gasteiger partial charge in [0, 0.05) is 16.6 Å². The highest BCUT2D eigenvalue weighted by atomic mass is 35.5. The Morgan fingerprint density at radius 1 is 1.00 bits per heavy atom. The number of amides is 2. The number of nitrogens with zero attached hydrogens (tertiary/aromatic N) is 1. The molecule has 0 fully saturated rings. The van der Waals surface area contributed by atoms with E-state index >= 15 is 0 Å². The third kappa shape index (κ3) is 3.68. The number of ether oxygens (including phenoxy) is 1. The van der Waals surface area contributed by atoms with Gasteiger partial charge >= 0.3 is 5.97 Å². The molecular weight excluding hydrogens is 382 g/mol. The Kier molecular flexibility index (Phi) is 5.61. The van der Waals surface area contributed by atoms with Crippen molar-refractivity contribution in [3.8, 4) is 0 Å². The van der Waals surface area contributed by atoms with Crippen molar-refractivity contribution >= 4 is 35.2 Å². The largest absolute Gasteiger partial charge is 0.454 e. The van der Waals surface area contributed by atoms with Crippen molar-refractivity contribution in [2.45, 2.75) is 26.3 Å². The zero-order chi connectivity index (χ0) is 20.4. The van der Waals surface area contributed by atoms with Gasteiger partial charge in [0.25, 0.3) is 11.8 Å². The Hall–Kier alpha value is -2.99. The predicted octanol–water partition coefficient (Wildman–Crippen LogP) is 3.77. The highest BCUT2D eigenvalue weighted by Gasteiger charge is 2.38. The summed E-state index contributed by atoms with van der Waals surface area (Å²) >= 11 is 5.78. The van der Waals surface area contributed by atoms with Crippen LogP contribution in [0.3, 0.4) is 0 Å². The Morgan fingerprint density at radius 3 is 2.25 bits per heavy atom. The molecular formula is C21H18ClNO5. The van der Waals surface area contributed by atoms with E-state index in [1.54, 1.807) is 31.2 Å². The molecule has 1 unspecified atom stereocenters. The third-order valence-electron chi connectivity index (χ3n) is 4.69. The summed E-state index contributed by atoms with van der Waals surface area (Å²) in [6.45, 7) is 3.23. The van der Waals surface area contributed by atoms with E-state index in [0.29, 0.717) is 17.0 Å². The average Bonchev–Trinajstić information content (AvgIpc) is 2.95. The molecule has 6 nitrogen and oxygen atoms in total. The van der Waals surface area contributed by atoms with Gasteiger partial charge in [0.2, 0.25) is 0 Å². The fourth-order valence-corrected chi connectivity index (χ4v) is 3.03. The van der Waals surface area contributed by atoms with Crippen molar-refractivity contribution < 1.29 is 23.9 Å². The first-order chi connectivity index (χ1) is 13.3. The first-order valence-corrected chi connectivity index (χ1v) is 9.19. The van der Waals surface area contributed by atoms with Crippen molar-refractivity contribution in [1.29, 1.82) is 0 Å². The Labute approximate surface area is 167 Å². The van der Waals surface area contributed by atoms with Crippen LogP contribution in [0.15, 0.2) is 42.5 Å². The van der Waals surface area contributed by atoms with Crippen LogP contribution in [0.25, 0.3) is 0 Å². The molecule has 1 heterocycles. The van der Waals surface area contributed by atoms with Crippen LogP contribution in [0.1, 0.15) is 61.7 Å². The van der Waals surface area contributed by atoms with Crippen LogP contribution in [0.4, 0.5) is 0 Å². The zero-order valence-electron chi connectivity index (χ0n) is 15.4. The van der Waals surface area contributed by atoms with Crippen LogP contribution in [-0.2, 0) is 4.74 Å². The summed E-state index contributed by atoms with van der Waals surface area (Å²) in [6.07, 6.45) is 0.632. The fourth-order valence-electron chi connectivity index (χ4n) is 2.90. The Balaban J connectivity index is 1.72. The number of rotatable bonds is 6. The molecule has 28 heavy (non-hydrogen) atoms. The lowest BCUT2D eigenvalue weighted by atomic mass is 10.1. The van der Waals surface area contributed by atoms with E-state index in [4.69, 9.17) is 16.3 Å².